The van der Waals surface area contributed by atoms with Crippen molar-refractivity contribution < 1.29 is 23.8 Å². The number of aromatic carboxylic acids is 1. The molecule has 0 saturated carbocycles. The molecule has 6 heteroatoms. The predicted molar refractivity (Wildman–Crippen MR) is 75.4 cm³/mol. The van der Waals surface area contributed by atoms with Crippen LogP contribution in [0, 0.1) is 5.92 Å². The Hall–Kier alpha value is -1.82. The summed E-state index contributed by atoms with van der Waals surface area (Å²) in [6.45, 7) is 4.91. The summed E-state index contributed by atoms with van der Waals surface area (Å²) in [5, 5.41) is 11.7. The van der Waals surface area contributed by atoms with Gasteiger partial charge in [0.05, 0.1) is 11.7 Å². The van der Waals surface area contributed by atoms with Gasteiger partial charge in [0.15, 0.2) is 5.76 Å². The van der Waals surface area contributed by atoms with E-state index in [1.807, 2.05) is 0 Å². The number of ether oxygens (including phenoxy) is 1. The normalized spacial score (nSPS) is 22.2. The molecule has 1 amide bonds. The standard InChI is InChI=1S/C15H21NO5/c1-9(2)5-12-7-11(3-4-20-12)16-14(17)13-6-10(8-21-13)15(18)19/h6,8-9,11-12H,3-5,7H2,1-2H3,(H,16,17)(H,18,19). The van der Waals surface area contributed by atoms with E-state index in [0.717, 1.165) is 25.5 Å². The summed E-state index contributed by atoms with van der Waals surface area (Å²) < 4.78 is 10.7. The quantitative estimate of drug-likeness (QED) is 0.870. The molecule has 1 aromatic rings. The topological polar surface area (TPSA) is 88.8 Å². The fourth-order valence-electron chi connectivity index (χ4n) is 2.53. The number of rotatable bonds is 5. The highest BCUT2D eigenvalue weighted by Crippen LogP contribution is 2.20. The Labute approximate surface area is 123 Å². The van der Waals surface area contributed by atoms with E-state index in [1.54, 1.807) is 0 Å². The molecule has 2 unspecified atom stereocenters. The minimum Gasteiger partial charge on any atom is -0.478 e. The lowest BCUT2D eigenvalue weighted by molar-refractivity contribution is -0.00862. The maximum atomic E-state index is 12.0. The van der Waals surface area contributed by atoms with Gasteiger partial charge in [-0.1, -0.05) is 13.8 Å². The molecule has 0 aliphatic carbocycles. The Balaban J connectivity index is 1.90. The maximum Gasteiger partial charge on any atom is 0.338 e. The van der Waals surface area contributed by atoms with Gasteiger partial charge in [0.25, 0.3) is 5.91 Å². The number of furan rings is 1. The first-order valence-corrected chi connectivity index (χ1v) is 7.20. The van der Waals surface area contributed by atoms with Gasteiger partial charge in [-0.3, -0.25) is 4.79 Å². The van der Waals surface area contributed by atoms with Crippen molar-refractivity contribution in [3.63, 3.8) is 0 Å². The smallest absolute Gasteiger partial charge is 0.338 e. The van der Waals surface area contributed by atoms with E-state index < -0.39 is 5.97 Å². The van der Waals surface area contributed by atoms with Crippen molar-refractivity contribution in [1.29, 1.82) is 0 Å². The summed E-state index contributed by atoms with van der Waals surface area (Å²) in [6.07, 6.45) is 3.73. The molecule has 2 heterocycles. The molecule has 1 aliphatic rings. The minimum atomic E-state index is -1.11. The first-order valence-electron chi connectivity index (χ1n) is 7.20. The number of carbonyl (C=O) groups excluding carboxylic acids is 1. The number of carbonyl (C=O) groups is 2. The van der Waals surface area contributed by atoms with Crippen molar-refractivity contribution in [3.05, 3.63) is 23.7 Å². The summed E-state index contributed by atoms with van der Waals surface area (Å²) in [5.41, 5.74) is -0.0233. The van der Waals surface area contributed by atoms with Crippen LogP contribution in [0.4, 0.5) is 0 Å². The molecule has 1 aromatic heterocycles. The third-order valence-electron chi connectivity index (χ3n) is 3.51. The van der Waals surface area contributed by atoms with Crippen LogP contribution in [0.2, 0.25) is 0 Å². The van der Waals surface area contributed by atoms with Crippen molar-refractivity contribution in [2.45, 2.75) is 45.3 Å². The summed E-state index contributed by atoms with van der Waals surface area (Å²) in [6, 6.07) is 1.27. The van der Waals surface area contributed by atoms with Gasteiger partial charge in [0.1, 0.15) is 6.26 Å². The monoisotopic (exact) mass is 295 g/mol. The molecule has 1 aliphatic heterocycles. The van der Waals surface area contributed by atoms with E-state index in [4.69, 9.17) is 14.3 Å². The summed E-state index contributed by atoms with van der Waals surface area (Å²) in [4.78, 5) is 22.8. The van der Waals surface area contributed by atoms with Crippen LogP contribution in [0.3, 0.4) is 0 Å². The van der Waals surface area contributed by atoms with Gasteiger partial charge in [0, 0.05) is 18.7 Å². The summed E-state index contributed by atoms with van der Waals surface area (Å²) in [7, 11) is 0. The highest BCUT2D eigenvalue weighted by molar-refractivity contribution is 5.95. The number of nitrogens with one attached hydrogen (secondary N) is 1. The molecule has 2 N–H and O–H groups in total. The molecule has 2 rings (SSSR count). The average molecular weight is 295 g/mol. The molecule has 116 valence electrons. The van der Waals surface area contributed by atoms with E-state index in [2.05, 4.69) is 19.2 Å². The average Bonchev–Trinajstić information content (AvgIpc) is 2.88. The number of hydrogen-bond acceptors (Lipinski definition) is 4. The number of carboxylic acid groups (broad SMARTS) is 1. The molecule has 0 spiro atoms. The zero-order valence-corrected chi connectivity index (χ0v) is 12.3. The summed E-state index contributed by atoms with van der Waals surface area (Å²) >= 11 is 0. The van der Waals surface area contributed by atoms with Crippen molar-refractivity contribution in [1.82, 2.24) is 5.32 Å². The van der Waals surface area contributed by atoms with Crippen LogP contribution < -0.4 is 5.32 Å². The molecule has 0 aromatic carbocycles. The maximum absolute atomic E-state index is 12.0. The van der Waals surface area contributed by atoms with Crippen LogP contribution in [-0.4, -0.2) is 35.7 Å². The van der Waals surface area contributed by atoms with Crippen LogP contribution >= 0.6 is 0 Å². The lowest BCUT2D eigenvalue weighted by atomic mass is 9.96. The summed E-state index contributed by atoms with van der Waals surface area (Å²) in [5.74, 6) is -0.912. The third-order valence-corrected chi connectivity index (χ3v) is 3.51. The number of carboxylic acids is 1. The molecular formula is C15H21NO5. The first kappa shape index (κ1) is 15.6. The fourth-order valence-corrected chi connectivity index (χ4v) is 2.53. The van der Waals surface area contributed by atoms with Crippen LogP contribution in [0.5, 0.6) is 0 Å². The Kier molecular flexibility index (Phi) is 5.01. The van der Waals surface area contributed by atoms with Crippen molar-refractivity contribution >= 4 is 11.9 Å². The molecular weight excluding hydrogens is 274 g/mol. The second-order valence-corrected chi connectivity index (χ2v) is 5.82. The predicted octanol–water partition coefficient (Wildman–Crippen LogP) is 2.30. The molecule has 1 fully saturated rings. The van der Waals surface area contributed by atoms with Gasteiger partial charge in [-0.2, -0.15) is 0 Å². The third kappa shape index (κ3) is 4.32. The van der Waals surface area contributed by atoms with Gasteiger partial charge in [0.2, 0.25) is 0 Å². The molecule has 21 heavy (non-hydrogen) atoms. The Morgan fingerprint density at radius 2 is 2.24 bits per heavy atom. The molecule has 6 nitrogen and oxygen atoms in total. The van der Waals surface area contributed by atoms with Crippen molar-refractivity contribution in [2.75, 3.05) is 6.61 Å². The second-order valence-electron chi connectivity index (χ2n) is 5.82. The molecule has 0 radical (unpaired) electrons. The highest BCUT2D eigenvalue weighted by Gasteiger charge is 2.25. The van der Waals surface area contributed by atoms with Crippen molar-refractivity contribution in [3.8, 4) is 0 Å². The lowest BCUT2D eigenvalue weighted by Crippen LogP contribution is -2.42. The lowest BCUT2D eigenvalue weighted by Gasteiger charge is -2.30. The number of amides is 1. The van der Waals surface area contributed by atoms with Gasteiger partial charge >= 0.3 is 5.97 Å². The van der Waals surface area contributed by atoms with Gasteiger partial charge in [-0.15, -0.1) is 0 Å². The van der Waals surface area contributed by atoms with Gasteiger partial charge in [-0.25, -0.2) is 4.79 Å². The molecule has 1 saturated heterocycles. The van der Waals surface area contributed by atoms with Gasteiger partial charge < -0.3 is 19.6 Å². The highest BCUT2D eigenvalue weighted by atomic mass is 16.5. The van der Waals surface area contributed by atoms with E-state index >= 15 is 0 Å². The zero-order chi connectivity index (χ0) is 15.4. The fraction of sp³-hybridized carbons (Fsp3) is 0.600. The van der Waals surface area contributed by atoms with Crippen molar-refractivity contribution in [2.24, 2.45) is 5.92 Å². The van der Waals surface area contributed by atoms with E-state index in [0.29, 0.717) is 12.5 Å². The van der Waals surface area contributed by atoms with Crippen LogP contribution in [0.15, 0.2) is 16.7 Å². The SMILES string of the molecule is CC(C)CC1CC(NC(=O)c2cc(C(=O)O)co2)CCO1. The van der Waals surface area contributed by atoms with E-state index in [1.165, 1.54) is 6.07 Å². The minimum absolute atomic E-state index is 0.0233. The van der Waals surface area contributed by atoms with Crippen LogP contribution in [0.1, 0.15) is 54.0 Å². The Morgan fingerprint density at radius 1 is 1.48 bits per heavy atom. The van der Waals surface area contributed by atoms with E-state index in [9.17, 15) is 9.59 Å². The molecule has 2 atom stereocenters. The molecule has 0 bridgehead atoms. The second kappa shape index (κ2) is 6.76. The first-order chi connectivity index (χ1) is 9.95. The van der Waals surface area contributed by atoms with Gasteiger partial charge in [-0.05, 0) is 25.2 Å². The van der Waals surface area contributed by atoms with E-state index in [-0.39, 0.29) is 29.4 Å². The Bertz CT molecular complexity index is 508. The zero-order valence-electron chi connectivity index (χ0n) is 12.3. The number of hydrogen-bond donors (Lipinski definition) is 2. The van der Waals surface area contributed by atoms with Crippen LogP contribution in [0.25, 0.3) is 0 Å². The Morgan fingerprint density at radius 3 is 2.86 bits per heavy atom. The largest absolute Gasteiger partial charge is 0.478 e. The van der Waals surface area contributed by atoms with Crippen LogP contribution in [-0.2, 0) is 4.74 Å².